The Morgan fingerprint density at radius 3 is 2.48 bits per heavy atom. The quantitative estimate of drug-likeness (QED) is 0.658. The monoisotopic (exact) mass is 398 g/mol. The summed E-state index contributed by atoms with van der Waals surface area (Å²) in [6.45, 7) is 4.48. The van der Waals surface area contributed by atoms with Gasteiger partial charge in [0.15, 0.2) is 0 Å². The Hall–Kier alpha value is -2.13. The Bertz CT molecular complexity index is 911. The Kier molecular flexibility index (Phi) is 4.38. The van der Waals surface area contributed by atoms with Crippen molar-refractivity contribution >= 4 is 33.5 Å². The second-order valence-electron chi connectivity index (χ2n) is 6.82. The number of alkyl halides is 3. The first-order chi connectivity index (χ1) is 12.7. The highest BCUT2D eigenvalue weighted by Crippen LogP contribution is 2.44. The number of anilines is 2. The van der Waals surface area contributed by atoms with Crippen molar-refractivity contribution in [2.24, 2.45) is 4.99 Å². The number of thiophene rings is 1. The van der Waals surface area contributed by atoms with Crippen molar-refractivity contribution in [3.8, 4) is 0 Å². The minimum absolute atomic E-state index is 0.379. The SMILES string of the molecule is Cc1cc2c(cc1F)N=C(N1CCN(C)CC1)c1cc(C(F)(F)F)sc1N2. The lowest BCUT2D eigenvalue weighted by molar-refractivity contribution is -0.134. The van der Waals surface area contributed by atoms with Crippen LogP contribution in [0, 0.1) is 12.7 Å². The van der Waals surface area contributed by atoms with Crippen LogP contribution in [0.5, 0.6) is 0 Å². The van der Waals surface area contributed by atoms with Gasteiger partial charge >= 0.3 is 6.18 Å². The largest absolute Gasteiger partial charge is 0.425 e. The summed E-state index contributed by atoms with van der Waals surface area (Å²) in [5.74, 6) is 0.0672. The number of likely N-dealkylation sites (N-methyl/N-ethyl adjacent to an activating group) is 1. The number of hydrogen-bond donors (Lipinski definition) is 1. The van der Waals surface area contributed by atoms with Crippen molar-refractivity contribution in [2.75, 3.05) is 38.5 Å². The van der Waals surface area contributed by atoms with Gasteiger partial charge in [0.05, 0.1) is 16.9 Å². The third-order valence-corrected chi connectivity index (χ3v) is 5.90. The fraction of sp³-hybridized carbons (Fsp3) is 0.389. The molecule has 1 aromatic heterocycles. The number of aliphatic imine (C=N–C) groups is 1. The lowest BCUT2D eigenvalue weighted by Gasteiger charge is -2.34. The molecule has 0 unspecified atom stereocenters. The molecule has 27 heavy (non-hydrogen) atoms. The molecule has 0 radical (unpaired) electrons. The van der Waals surface area contributed by atoms with E-state index in [-0.39, 0.29) is 0 Å². The number of nitrogens with zero attached hydrogens (tertiary/aromatic N) is 3. The molecule has 1 fully saturated rings. The van der Waals surface area contributed by atoms with E-state index in [0.29, 0.717) is 57.8 Å². The molecule has 0 aliphatic carbocycles. The van der Waals surface area contributed by atoms with Gasteiger partial charge in [-0.05, 0) is 31.7 Å². The summed E-state index contributed by atoms with van der Waals surface area (Å²) in [5.41, 5.74) is 1.72. The Labute approximate surface area is 158 Å². The minimum atomic E-state index is -4.42. The van der Waals surface area contributed by atoms with Gasteiger partial charge in [0.1, 0.15) is 21.5 Å². The maximum absolute atomic E-state index is 14.1. The van der Waals surface area contributed by atoms with E-state index in [1.54, 1.807) is 13.0 Å². The number of halogens is 4. The molecule has 0 amide bonds. The fourth-order valence-electron chi connectivity index (χ4n) is 3.21. The van der Waals surface area contributed by atoms with Crippen molar-refractivity contribution in [1.82, 2.24) is 9.80 Å². The van der Waals surface area contributed by atoms with Crippen LogP contribution in [0.25, 0.3) is 0 Å². The maximum atomic E-state index is 14.1. The Morgan fingerprint density at radius 2 is 1.81 bits per heavy atom. The highest BCUT2D eigenvalue weighted by molar-refractivity contribution is 7.16. The highest BCUT2D eigenvalue weighted by Gasteiger charge is 2.36. The first-order valence-corrected chi connectivity index (χ1v) is 9.35. The lowest BCUT2D eigenvalue weighted by Crippen LogP contribution is -2.47. The standard InChI is InChI=1S/C18H18F4N4S/c1-10-7-13-14(9-12(10)19)23-16(26-5-3-25(2)4-6-26)11-8-15(18(20,21)22)27-17(11)24-13/h7-9,24H,3-6H2,1-2H3. The third-order valence-electron chi connectivity index (χ3n) is 4.81. The smallest absolute Gasteiger partial charge is 0.353 e. The maximum Gasteiger partial charge on any atom is 0.425 e. The predicted octanol–water partition coefficient (Wildman–Crippen LogP) is 4.60. The van der Waals surface area contributed by atoms with E-state index in [1.807, 2.05) is 11.9 Å². The van der Waals surface area contributed by atoms with Crippen LogP contribution in [0.2, 0.25) is 0 Å². The molecule has 2 aliphatic heterocycles. The van der Waals surface area contributed by atoms with E-state index in [1.165, 1.54) is 6.07 Å². The van der Waals surface area contributed by atoms with E-state index in [4.69, 9.17) is 0 Å². The molecular formula is C18H18F4N4S. The Balaban J connectivity index is 1.86. The summed E-state index contributed by atoms with van der Waals surface area (Å²) in [6, 6.07) is 4.05. The van der Waals surface area contributed by atoms with Crippen molar-refractivity contribution in [1.29, 1.82) is 0 Å². The first-order valence-electron chi connectivity index (χ1n) is 8.53. The van der Waals surface area contributed by atoms with Crippen LogP contribution in [-0.4, -0.2) is 48.9 Å². The van der Waals surface area contributed by atoms with Gasteiger partial charge in [-0.2, -0.15) is 13.2 Å². The van der Waals surface area contributed by atoms with E-state index >= 15 is 0 Å². The van der Waals surface area contributed by atoms with Gasteiger partial charge in [0.25, 0.3) is 0 Å². The Morgan fingerprint density at radius 1 is 1.11 bits per heavy atom. The van der Waals surface area contributed by atoms with Gasteiger partial charge in [-0.3, -0.25) is 0 Å². The molecule has 0 atom stereocenters. The van der Waals surface area contributed by atoms with Crippen molar-refractivity contribution in [2.45, 2.75) is 13.1 Å². The zero-order chi connectivity index (χ0) is 19.3. The molecule has 1 N–H and O–H groups in total. The number of amidine groups is 1. The molecule has 4 rings (SSSR count). The van der Waals surface area contributed by atoms with E-state index < -0.39 is 16.9 Å². The van der Waals surface area contributed by atoms with Crippen LogP contribution in [0.3, 0.4) is 0 Å². The van der Waals surface area contributed by atoms with Gasteiger partial charge in [-0.1, -0.05) is 0 Å². The fourth-order valence-corrected chi connectivity index (χ4v) is 4.14. The van der Waals surface area contributed by atoms with Crippen LogP contribution >= 0.6 is 11.3 Å². The summed E-state index contributed by atoms with van der Waals surface area (Å²) >= 11 is 0.650. The van der Waals surface area contributed by atoms with Crippen LogP contribution in [0.4, 0.5) is 33.9 Å². The first kappa shape index (κ1) is 18.2. The van der Waals surface area contributed by atoms with Gasteiger partial charge in [0.2, 0.25) is 0 Å². The number of nitrogens with one attached hydrogen (secondary N) is 1. The molecule has 3 heterocycles. The molecule has 0 bridgehead atoms. The second-order valence-corrected chi connectivity index (χ2v) is 7.87. The predicted molar refractivity (Wildman–Crippen MR) is 99.0 cm³/mol. The number of hydrogen-bond acceptors (Lipinski definition) is 5. The molecule has 1 saturated heterocycles. The van der Waals surface area contributed by atoms with Crippen LogP contribution in [-0.2, 0) is 6.18 Å². The normalized spacial score (nSPS) is 17.7. The van der Waals surface area contributed by atoms with E-state index in [2.05, 4.69) is 15.2 Å². The summed E-state index contributed by atoms with van der Waals surface area (Å²) in [6.07, 6.45) is -4.42. The molecule has 9 heteroatoms. The van der Waals surface area contributed by atoms with E-state index in [0.717, 1.165) is 19.2 Å². The summed E-state index contributed by atoms with van der Waals surface area (Å²) in [5, 5.41) is 3.42. The molecule has 0 spiro atoms. The van der Waals surface area contributed by atoms with Crippen molar-refractivity contribution in [3.63, 3.8) is 0 Å². The molecule has 0 saturated carbocycles. The number of benzene rings is 1. The zero-order valence-electron chi connectivity index (χ0n) is 14.8. The van der Waals surface area contributed by atoms with Crippen LogP contribution in [0.15, 0.2) is 23.2 Å². The van der Waals surface area contributed by atoms with Gasteiger partial charge in [0, 0.05) is 32.2 Å². The van der Waals surface area contributed by atoms with Crippen LogP contribution < -0.4 is 5.32 Å². The number of fused-ring (bicyclic) bond motifs is 2. The summed E-state index contributed by atoms with van der Waals surface area (Å²) < 4.78 is 53.9. The molecular weight excluding hydrogens is 380 g/mol. The average molecular weight is 398 g/mol. The lowest BCUT2D eigenvalue weighted by atomic mass is 10.2. The van der Waals surface area contributed by atoms with Gasteiger partial charge in [-0.15, -0.1) is 11.3 Å². The van der Waals surface area contributed by atoms with Gasteiger partial charge in [-0.25, -0.2) is 9.38 Å². The molecule has 2 aliphatic rings. The van der Waals surface area contributed by atoms with Crippen molar-refractivity contribution in [3.05, 3.63) is 40.0 Å². The molecule has 2 aromatic rings. The summed E-state index contributed by atoms with van der Waals surface area (Å²) in [7, 11) is 2.00. The van der Waals surface area contributed by atoms with E-state index in [9.17, 15) is 17.6 Å². The third kappa shape index (κ3) is 3.41. The number of aryl methyl sites for hydroxylation is 1. The number of rotatable bonds is 0. The molecule has 4 nitrogen and oxygen atoms in total. The number of piperazine rings is 1. The average Bonchev–Trinajstić information content (AvgIpc) is 2.96. The van der Waals surface area contributed by atoms with Crippen LogP contribution in [0.1, 0.15) is 16.0 Å². The second kappa shape index (κ2) is 6.49. The highest BCUT2D eigenvalue weighted by atomic mass is 32.1. The topological polar surface area (TPSA) is 30.9 Å². The van der Waals surface area contributed by atoms with Crippen molar-refractivity contribution < 1.29 is 17.6 Å². The zero-order valence-corrected chi connectivity index (χ0v) is 15.6. The minimum Gasteiger partial charge on any atom is -0.353 e. The molecule has 1 aromatic carbocycles. The summed E-state index contributed by atoms with van der Waals surface area (Å²) in [4.78, 5) is 8.03. The molecule has 144 valence electrons. The van der Waals surface area contributed by atoms with Gasteiger partial charge < -0.3 is 15.1 Å².